The third kappa shape index (κ3) is 2.20. The Kier molecular flexibility index (Phi) is 2.20. The van der Waals surface area contributed by atoms with Crippen molar-refractivity contribution >= 4 is 5.78 Å². The lowest BCUT2D eigenvalue weighted by Gasteiger charge is -2.24. The van der Waals surface area contributed by atoms with Crippen molar-refractivity contribution in [2.45, 2.75) is 31.9 Å². The van der Waals surface area contributed by atoms with Crippen LogP contribution in [0.4, 0.5) is 13.2 Å². The second-order valence-electron chi connectivity index (χ2n) is 2.92. The summed E-state index contributed by atoms with van der Waals surface area (Å²) in [6.45, 7) is 0. The first kappa shape index (κ1) is 8.56. The molecule has 0 saturated heterocycles. The summed E-state index contributed by atoms with van der Waals surface area (Å²) in [6.07, 6.45) is -2.39. The van der Waals surface area contributed by atoms with E-state index in [-0.39, 0.29) is 12.3 Å². The Morgan fingerprint density at radius 2 is 1.91 bits per heavy atom. The van der Waals surface area contributed by atoms with Crippen LogP contribution < -0.4 is 0 Å². The van der Waals surface area contributed by atoms with Gasteiger partial charge in [0.05, 0.1) is 0 Å². The van der Waals surface area contributed by atoms with E-state index in [1.807, 2.05) is 0 Å². The highest BCUT2D eigenvalue weighted by Gasteiger charge is 2.39. The quantitative estimate of drug-likeness (QED) is 0.615. The zero-order valence-electron chi connectivity index (χ0n) is 5.95. The van der Waals surface area contributed by atoms with Gasteiger partial charge in [-0.3, -0.25) is 4.79 Å². The first-order chi connectivity index (χ1) is 5.00. The molecule has 1 saturated carbocycles. The molecule has 0 bridgehead atoms. The lowest BCUT2D eigenvalue weighted by molar-refractivity contribution is -0.172. The Morgan fingerprint density at radius 1 is 1.36 bits per heavy atom. The average molecular weight is 166 g/mol. The number of hydrogen-bond donors (Lipinski definition) is 0. The molecule has 0 aromatic heterocycles. The molecular formula is C7H9F3O. The summed E-state index contributed by atoms with van der Waals surface area (Å²) >= 11 is 0. The Labute approximate surface area is 62.6 Å². The Bertz CT molecular complexity index is 158. The van der Waals surface area contributed by atoms with Crippen LogP contribution in [0.15, 0.2) is 0 Å². The van der Waals surface area contributed by atoms with Gasteiger partial charge in [-0.25, -0.2) is 0 Å². The average Bonchev–Trinajstić information content (AvgIpc) is 1.75. The van der Waals surface area contributed by atoms with E-state index in [1.54, 1.807) is 0 Å². The predicted molar refractivity (Wildman–Crippen MR) is 33.0 cm³/mol. The molecule has 1 fully saturated rings. The first-order valence-electron chi connectivity index (χ1n) is 3.60. The van der Waals surface area contributed by atoms with Crippen molar-refractivity contribution in [3.63, 3.8) is 0 Å². The molecule has 0 radical (unpaired) electrons. The Morgan fingerprint density at radius 3 is 2.18 bits per heavy atom. The van der Waals surface area contributed by atoms with Gasteiger partial charge in [-0.1, -0.05) is 19.3 Å². The van der Waals surface area contributed by atoms with Crippen LogP contribution in [0.3, 0.4) is 0 Å². The van der Waals surface area contributed by atoms with Crippen LogP contribution in [0, 0.1) is 5.92 Å². The van der Waals surface area contributed by atoms with Crippen molar-refractivity contribution in [1.82, 2.24) is 0 Å². The number of Topliss-reactive ketones (excluding diaryl/α,β-unsaturated/α-hetero) is 1. The van der Waals surface area contributed by atoms with Crippen LogP contribution in [0.2, 0.25) is 0 Å². The van der Waals surface area contributed by atoms with Crippen molar-refractivity contribution in [3.05, 3.63) is 0 Å². The fourth-order valence-electron chi connectivity index (χ4n) is 1.07. The van der Waals surface area contributed by atoms with Crippen molar-refractivity contribution in [3.8, 4) is 0 Å². The minimum absolute atomic E-state index is 0.00382. The number of halogens is 3. The van der Waals surface area contributed by atoms with E-state index in [2.05, 4.69) is 0 Å². The molecule has 0 spiro atoms. The van der Waals surface area contributed by atoms with E-state index in [0.717, 1.165) is 19.3 Å². The zero-order chi connectivity index (χ0) is 8.48. The molecule has 0 aliphatic heterocycles. The maximum atomic E-state index is 11.6. The molecule has 64 valence electrons. The van der Waals surface area contributed by atoms with Gasteiger partial charge in [-0.05, 0) is 5.92 Å². The van der Waals surface area contributed by atoms with E-state index in [4.69, 9.17) is 0 Å². The van der Waals surface area contributed by atoms with E-state index in [9.17, 15) is 18.0 Å². The van der Waals surface area contributed by atoms with Crippen molar-refractivity contribution in [2.75, 3.05) is 0 Å². The van der Waals surface area contributed by atoms with Gasteiger partial charge < -0.3 is 0 Å². The van der Waals surface area contributed by atoms with E-state index < -0.39 is 12.0 Å². The van der Waals surface area contributed by atoms with Crippen LogP contribution >= 0.6 is 0 Å². The molecule has 1 aliphatic carbocycles. The highest BCUT2D eigenvalue weighted by Crippen LogP contribution is 2.32. The van der Waals surface area contributed by atoms with Gasteiger partial charge in [0.2, 0.25) is 5.78 Å². The molecule has 0 atom stereocenters. The molecule has 4 heteroatoms. The summed E-state index contributed by atoms with van der Waals surface area (Å²) in [4.78, 5) is 10.3. The number of ketones is 1. The highest BCUT2D eigenvalue weighted by atomic mass is 19.4. The summed E-state index contributed by atoms with van der Waals surface area (Å²) in [7, 11) is 0. The van der Waals surface area contributed by atoms with Gasteiger partial charge in [0, 0.05) is 6.42 Å². The second kappa shape index (κ2) is 2.83. The maximum absolute atomic E-state index is 11.6. The second-order valence-corrected chi connectivity index (χ2v) is 2.92. The first-order valence-corrected chi connectivity index (χ1v) is 3.60. The van der Waals surface area contributed by atoms with Gasteiger partial charge in [0.25, 0.3) is 0 Å². The molecular weight excluding hydrogens is 157 g/mol. The smallest absolute Gasteiger partial charge is 0.290 e. The third-order valence-corrected chi connectivity index (χ3v) is 2.01. The van der Waals surface area contributed by atoms with E-state index in [0.29, 0.717) is 0 Å². The summed E-state index contributed by atoms with van der Waals surface area (Å²) in [5.41, 5.74) is 0. The third-order valence-electron chi connectivity index (χ3n) is 2.01. The molecule has 0 aromatic carbocycles. The molecule has 0 amide bonds. The van der Waals surface area contributed by atoms with Crippen molar-refractivity contribution in [1.29, 1.82) is 0 Å². The molecule has 0 heterocycles. The minimum atomic E-state index is -4.62. The van der Waals surface area contributed by atoms with E-state index in [1.165, 1.54) is 0 Å². The Hall–Kier alpha value is -0.540. The highest BCUT2D eigenvalue weighted by molar-refractivity contribution is 5.84. The van der Waals surface area contributed by atoms with Gasteiger partial charge in [-0.15, -0.1) is 0 Å². The number of carbonyl (C=O) groups is 1. The zero-order valence-corrected chi connectivity index (χ0v) is 5.95. The van der Waals surface area contributed by atoms with Gasteiger partial charge in [-0.2, -0.15) is 13.2 Å². The minimum Gasteiger partial charge on any atom is -0.290 e. The Balaban J connectivity index is 2.30. The largest absolute Gasteiger partial charge is 0.449 e. The van der Waals surface area contributed by atoms with Crippen LogP contribution in [0.25, 0.3) is 0 Å². The van der Waals surface area contributed by atoms with E-state index >= 15 is 0 Å². The van der Waals surface area contributed by atoms with Crippen molar-refractivity contribution < 1.29 is 18.0 Å². The molecule has 11 heavy (non-hydrogen) atoms. The number of rotatable bonds is 2. The van der Waals surface area contributed by atoms with Crippen LogP contribution in [0.1, 0.15) is 25.7 Å². The van der Waals surface area contributed by atoms with Gasteiger partial charge in [0.1, 0.15) is 0 Å². The molecule has 1 nitrogen and oxygen atoms in total. The van der Waals surface area contributed by atoms with Crippen LogP contribution in [0.5, 0.6) is 0 Å². The summed E-state index contributed by atoms with van der Waals surface area (Å²) < 4.78 is 34.9. The maximum Gasteiger partial charge on any atom is 0.449 e. The van der Waals surface area contributed by atoms with Gasteiger partial charge >= 0.3 is 6.18 Å². The summed E-state index contributed by atoms with van der Waals surface area (Å²) in [6, 6.07) is 0. The normalized spacial score (nSPS) is 19.5. The molecule has 0 unspecified atom stereocenters. The summed E-state index contributed by atoms with van der Waals surface area (Å²) in [5.74, 6) is -1.56. The lowest BCUT2D eigenvalue weighted by Crippen LogP contribution is -2.27. The summed E-state index contributed by atoms with van der Waals surface area (Å²) in [5, 5.41) is 0. The molecule has 1 rings (SSSR count). The monoisotopic (exact) mass is 166 g/mol. The fourth-order valence-corrected chi connectivity index (χ4v) is 1.07. The van der Waals surface area contributed by atoms with Crippen LogP contribution in [-0.2, 0) is 4.79 Å². The molecule has 0 N–H and O–H groups in total. The fraction of sp³-hybridized carbons (Fsp3) is 0.857. The number of alkyl halides is 3. The predicted octanol–water partition coefficient (Wildman–Crippen LogP) is 2.31. The van der Waals surface area contributed by atoms with Gasteiger partial charge in [0.15, 0.2) is 0 Å². The standard InChI is InChI=1S/C7H9F3O/c8-7(9,10)6(11)4-5-2-1-3-5/h5H,1-4H2. The molecule has 0 aromatic rings. The molecule has 1 aliphatic rings. The van der Waals surface area contributed by atoms with Crippen molar-refractivity contribution in [2.24, 2.45) is 5.92 Å². The topological polar surface area (TPSA) is 17.1 Å². The number of carbonyl (C=O) groups excluding carboxylic acids is 1. The lowest BCUT2D eigenvalue weighted by atomic mass is 9.82. The SMILES string of the molecule is O=C(CC1CCC1)C(F)(F)F. The van der Waals surface area contributed by atoms with Crippen LogP contribution in [-0.4, -0.2) is 12.0 Å². The number of hydrogen-bond acceptors (Lipinski definition) is 1.